The highest BCUT2D eigenvalue weighted by Gasteiger charge is 2.18. The number of thiazole rings is 1. The number of fused-ring (bicyclic) bond motifs is 2. The van der Waals surface area contributed by atoms with Gasteiger partial charge in [0.15, 0.2) is 16.7 Å². The predicted octanol–water partition coefficient (Wildman–Crippen LogP) is 4.26. The normalized spacial score (nSPS) is 13.2. The van der Waals surface area contributed by atoms with Gasteiger partial charge in [0.25, 0.3) is 5.91 Å². The molecule has 25 heavy (non-hydrogen) atoms. The molecular formula is C17H11ClN2O3S2. The SMILES string of the molecule is O=C1COc2ccc(C(=O)CSc3nc4cc(Cl)ccc4s3)cc2N1. The molecule has 0 aliphatic carbocycles. The van der Waals surface area contributed by atoms with E-state index in [0.717, 1.165) is 14.6 Å². The lowest BCUT2D eigenvalue weighted by Gasteiger charge is -2.18. The number of halogens is 1. The fourth-order valence-electron chi connectivity index (χ4n) is 2.41. The molecule has 0 atom stereocenters. The first kappa shape index (κ1) is 16.4. The lowest BCUT2D eigenvalue weighted by molar-refractivity contribution is -0.118. The highest BCUT2D eigenvalue weighted by atomic mass is 35.5. The molecule has 0 fully saturated rings. The number of Topliss-reactive ketones (excluding diaryl/α,β-unsaturated/α-hetero) is 1. The van der Waals surface area contributed by atoms with E-state index in [1.807, 2.05) is 18.2 Å². The number of ketones is 1. The second-order valence-electron chi connectivity index (χ2n) is 5.35. The van der Waals surface area contributed by atoms with Crippen molar-refractivity contribution in [2.24, 2.45) is 0 Å². The smallest absolute Gasteiger partial charge is 0.262 e. The van der Waals surface area contributed by atoms with Crippen LogP contribution in [0.15, 0.2) is 40.7 Å². The maximum Gasteiger partial charge on any atom is 0.262 e. The highest BCUT2D eigenvalue weighted by molar-refractivity contribution is 8.01. The van der Waals surface area contributed by atoms with Crippen LogP contribution in [0.3, 0.4) is 0 Å². The number of ether oxygens (including phenoxy) is 1. The summed E-state index contributed by atoms with van der Waals surface area (Å²) in [4.78, 5) is 28.3. The maximum atomic E-state index is 12.4. The molecule has 0 radical (unpaired) electrons. The summed E-state index contributed by atoms with van der Waals surface area (Å²) in [6, 6.07) is 10.6. The minimum atomic E-state index is -0.223. The van der Waals surface area contributed by atoms with Crippen molar-refractivity contribution in [3.63, 3.8) is 0 Å². The van der Waals surface area contributed by atoms with Gasteiger partial charge >= 0.3 is 0 Å². The molecule has 0 bridgehead atoms. The summed E-state index contributed by atoms with van der Waals surface area (Å²) < 4.78 is 7.15. The Hall–Kier alpha value is -2.09. The average molecular weight is 391 g/mol. The van der Waals surface area contributed by atoms with E-state index in [4.69, 9.17) is 16.3 Å². The molecule has 8 heteroatoms. The van der Waals surface area contributed by atoms with Crippen LogP contribution in [0.5, 0.6) is 5.75 Å². The third kappa shape index (κ3) is 3.49. The number of aromatic nitrogens is 1. The number of benzene rings is 2. The van der Waals surface area contributed by atoms with Gasteiger partial charge in [-0.05, 0) is 36.4 Å². The van der Waals surface area contributed by atoms with Gasteiger partial charge in [0.2, 0.25) is 0 Å². The number of carbonyl (C=O) groups is 2. The topological polar surface area (TPSA) is 68.3 Å². The van der Waals surface area contributed by atoms with Gasteiger partial charge in [0.1, 0.15) is 5.75 Å². The lowest BCUT2D eigenvalue weighted by Crippen LogP contribution is -2.25. The molecule has 126 valence electrons. The number of hydrogen-bond donors (Lipinski definition) is 1. The minimum Gasteiger partial charge on any atom is -0.482 e. The zero-order valence-corrected chi connectivity index (χ0v) is 15.1. The summed E-state index contributed by atoms with van der Waals surface area (Å²) in [5.74, 6) is 0.581. The van der Waals surface area contributed by atoms with Crippen LogP contribution >= 0.6 is 34.7 Å². The van der Waals surface area contributed by atoms with Crippen LogP contribution in [0.25, 0.3) is 10.2 Å². The Kier molecular flexibility index (Phi) is 4.37. The first-order valence-corrected chi connectivity index (χ1v) is 9.55. The Morgan fingerprint density at radius 1 is 1.32 bits per heavy atom. The third-order valence-corrected chi connectivity index (χ3v) is 6.01. The van der Waals surface area contributed by atoms with E-state index in [1.54, 1.807) is 18.2 Å². The molecule has 4 rings (SSSR count). The van der Waals surface area contributed by atoms with Gasteiger partial charge in [-0.15, -0.1) is 11.3 Å². The van der Waals surface area contributed by atoms with E-state index < -0.39 is 0 Å². The quantitative estimate of drug-likeness (QED) is 0.532. The van der Waals surface area contributed by atoms with Crippen LogP contribution in [-0.4, -0.2) is 29.0 Å². The first-order chi connectivity index (χ1) is 12.1. The summed E-state index contributed by atoms with van der Waals surface area (Å²) in [5.41, 5.74) is 1.89. The van der Waals surface area contributed by atoms with Gasteiger partial charge in [0.05, 0.1) is 21.7 Å². The number of rotatable bonds is 4. The van der Waals surface area contributed by atoms with Gasteiger partial charge in [0, 0.05) is 10.6 Å². The molecule has 0 saturated heterocycles. The standard InChI is InChI=1S/C17H11ClN2O3S2/c18-10-2-4-15-12(6-10)20-17(25-15)24-8-13(21)9-1-3-14-11(5-9)19-16(22)7-23-14/h1-6H,7-8H2,(H,19,22). The number of hydrogen-bond acceptors (Lipinski definition) is 6. The lowest BCUT2D eigenvalue weighted by atomic mass is 10.1. The molecule has 1 aliphatic heterocycles. The molecule has 0 unspecified atom stereocenters. The molecule has 1 aliphatic rings. The van der Waals surface area contributed by atoms with E-state index in [0.29, 0.717) is 22.0 Å². The second kappa shape index (κ2) is 6.67. The van der Waals surface area contributed by atoms with Crippen LogP contribution in [-0.2, 0) is 4.79 Å². The number of nitrogens with one attached hydrogen (secondary N) is 1. The van der Waals surface area contributed by atoms with Crippen LogP contribution in [0.4, 0.5) is 5.69 Å². The summed E-state index contributed by atoms with van der Waals surface area (Å²) in [6.45, 7) is -0.00221. The Labute approximate surface area is 156 Å². The highest BCUT2D eigenvalue weighted by Crippen LogP contribution is 2.32. The molecule has 2 heterocycles. The minimum absolute atomic E-state index is 0.00221. The van der Waals surface area contributed by atoms with Crippen molar-refractivity contribution in [2.45, 2.75) is 4.34 Å². The maximum absolute atomic E-state index is 12.4. The fourth-order valence-corrected chi connectivity index (χ4v) is 4.52. The van der Waals surface area contributed by atoms with Crippen molar-refractivity contribution in [1.82, 2.24) is 4.98 Å². The van der Waals surface area contributed by atoms with Crippen molar-refractivity contribution < 1.29 is 14.3 Å². The van der Waals surface area contributed by atoms with Gasteiger partial charge in [-0.25, -0.2) is 4.98 Å². The largest absolute Gasteiger partial charge is 0.482 e. The van der Waals surface area contributed by atoms with E-state index in [2.05, 4.69) is 10.3 Å². The van der Waals surface area contributed by atoms with Gasteiger partial charge < -0.3 is 10.1 Å². The zero-order chi connectivity index (χ0) is 17.4. The fraction of sp³-hybridized carbons (Fsp3) is 0.118. The number of nitrogens with zero attached hydrogens (tertiary/aromatic N) is 1. The summed E-state index contributed by atoms with van der Waals surface area (Å²) in [5, 5.41) is 3.35. The molecule has 1 aromatic heterocycles. The van der Waals surface area contributed by atoms with E-state index in [-0.39, 0.29) is 24.1 Å². The second-order valence-corrected chi connectivity index (χ2v) is 8.04. The van der Waals surface area contributed by atoms with Gasteiger partial charge in [-0.2, -0.15) is 0 Å². The summed E-state index contributed by atoms with van der Waals surface area (Å²) in [6.07, 6.45) is 0. The van der Waals surface area contributed by atoms with E-state index in [1.165, 1.54) is 23.1 Å². The Morgan fingerprint density at radius 2 is 2.20 bits per heavy atom. The molecule has 1 N–H and O–H groups in total. The molecule has 0 spiro atoms. The summed E-state index contributed by atoms with van der Waals surface area (Å²) >= 11 is 8.89. The van der Waals surface area contributed by atoms with Crippen LogP contribution in [0.2, 0.25) is 5.02 Å². The number of anilines is 1. The van der Waals surface area contributed by atoms with Crippen LogP contribution in [0, 0.1) is 0 Å². The van der Waals surface area contributed by atoms with Gasteiger partial charge in [-0.3, -0.25) is 9.59 Å². The predicted molar refractivity (Wildman–Crippen MR) is 100 cm³/mol. The Morgan fingerprint density at radius 3 is 3.08 bits per heavy atom. The zero-order valence-electron chi connectivity index (χ0n) is 12.7. The van der Waals surface area contributed by atoms with Crippen molar-refractivity contribution in [3.05, 3.63) is 47.0 Å². The Bertz CT molecular complexity index is 1000. The molecule has 1 amide bonds. The van der Waals surface area contributed by atoms with Crippen LogP contribution < -0.4 is 10.1 Å². The molecule has 5 nitrogen and oxygen atoms in total. The monoisotopic (exact) mass is 390 g/mol. The molecular weight excluding hydrogens is 380 g/mol. The summed E-state index contributed by atoms with van der Waals surface area (Å²) in [7, 11) is 0. The van der Waals surface area contributed by atoms with Gasteiger partial charge in [-0.1, -0.05) is 23.4 Å². The average Bonchev–Trinajstić information content (AvgIpc) is 3.01. The van der Waals surface area contributed by atoms with E-state index >= 15 is 0 Å². The number of thioether (sulfide) groups is 1. The number of carbonyl (C=O) groups excluding carboxylic acids is 2. The van der Waals surface area contributed by atoms with Crippen molar-refractivity contribution >= 4 is 62.3 Å². The van der Waals surface area contributed by atoms with Crippen LogP contribution in [0.1, 0.15) is 10.4 Å². The number of amides is 1. The van der Waals surface area contributed by atoms with Crippen molar-refractivity contribution in [2.75, 3.05) is 17.7 Å². The van der Waals surface area contributed by atoms with Crippen molar-refractivity contribution in [3.8, 4) is 5.75 Å². The third-order valence-electron chi connectivity index (χ3n) is 3.59. The molecule has 2 aromatic carbocycles. The first-order valence-electron chi connectivity index (χ1n) is 7.37. The Balaban J connectivity index is 1.48. The molecule has 0 saturated carbocycles. The van der Waals surface area contributed by atoms with Crippen molar-refractivity contribution in [1.29, 1.82) is 0 Å². The van der Waals surface area contributed by atoms with E-state index in [9.17, 15) is 9.59 Å². The molecule has 3 aromatic rings.